The van der Waals surface area contributed by atoms with Crippen molar-refractivity contribution in [3.63, 3.8) is 0 Å². The smallest absolute Gasteiger partial charge is 0.244 e. The Morgan fingerprint density at radius 1 is 1.39 bits per heavy atom. The Morgan fingerprint density at radius 2 is 2.11 bits per heavy atom. The lowest BCUT2D eigenvalue weighted by Gasteiger charge is -2.22. The van der Waals surface area contributed by atoms with Gasteiger partial charge in [0.25, 0.3) is 0 Å². The van der Waals surface area contributed by atoms with Gasteiger partial charge < -0.3 is 5.32 Å². The lowest BCUT2D eigenvalue weighted by atomic mass is 10.1. The largest absolute Gasteiger partial charge is 0.355 e. The normalized spacial score (nSPS) is 20.8. The second-order valence-corrected chi connectivity index (χ2v) is 6.02. The molecule has 100 valence electrons. The maximum absolute atomic E-state index is 12.2. The van der Waals surface area contributed by atoms with E-state index in [0.717, 1.165) is 6.42 Å². The van der Waals surface area contributed by atoms with Gasteiger partial charge in [0.1, 0.15) is 10.9 Å². The second-order valence-electron chi connectivity index (χ2n) is 4.37. The molecule has 1 aliphatic heterocycles. The highest BCUT2D eigenvalue weighted by molar-refractivity contribution is 7.89. The number of carbonyl (C=O) groups excluding carboxylic acids is 1. The summed E-state index contributed by atoms with van der Waals surface area (Å²) in [7, 11) is -3.72. The van der Waals surface area contributed by atoms with Gasteiger partial charge in [0, 0.05) is 6.54 Å². The maximum Gasteiger partial charge on any atom is 0.244 e. The van der Waals surface area contributed by atoms with Gasteiger partial charge in [0.2, 0.25) is 15.9 Å². The van der Waals surface area contributed by atoms with E-state index in [1.165, 1.54) is 0 Å². The number of aromatic amines is 1. The number of nitrogens with one attached hydrogen (secondary N) is 3. The summed E-state index contributed by atoms with van der Waals surface area (Å²) in [4.78, 5) is 11.7. The van der Waals surface area contributed by atoms with Crippen molar-refractivity contribution in [3.8, 4) is 0 Å². The van der Waals surface area contributed by atoms with Gasteiger partial charge in [-0.2, -0.15) is 9.82 Å². The quantitative estimate of drug-likeness (QED) is 0.695. The van der Waals surface area contributed by atoms with Crippen LogP contribution in [0.2, 0.25) is 0 Å². The van der Waals surface area contributed by atoms with Gasteiger partial charge in [-0.3, -0.25) is 9.89 Å². The van der Waals surface area contributed by atoms with Crippen LogP contribution in [0.15, 0.2) is 4.90 Å². The van der Waals surface area contributed by atoms with Crippen molar-refractivity contribution in [3.05, 3.63) is 11.4 Å². The Hall–Kier alpha value is -1.41. The van der Waals surface area contributed by atoms with E-state index in [1.807, 2.05) is 0 Å². The summed E-state index contributed by atoms with van der Waals surface area (Å²) in [6.07, 6.45) is 1.28. The standard InChI is InChI=1S/C10H16N4O3S/c1-6-9(7(2)13-12-6)18(16,17)14-8-4-3-5-11-10(8)15/h8,14H,3-5H2,1-2H3,(H,11,15)(H,12,13). The Balaban J connectivity index is 2.25. The number of hydrogen-bond acceptors (Lipinski definition) is 4. The van der Waals surface area contributed by atoms with E-state index >= 15 is 0 Å². The number of hydrogen-bond donors (Lipinski definition) is 3. The molecule has 0 aliphatic carbocycles. The molecular formula is C10H16N4O3S. The van der Waals surface area contributed by atoms with Gasteiger partial charge in [0.05, 0.1) is 11.4 Å². The van der Waals surface area contributed by atoms with Gasteiger partial charge in [-0.25, -0.2) is 8.42 Å². The molecule has 1 fully saturated rings. The van der Waals surface area contributed by atoms with Crippen LogP contribution in [-0.2, 0) is 14.8 Å². The van der Waals surface area contributed by atoms with Crippen molar-refractivity contribution in [1.29, 1.82) is 0 Å². The minimum absolute atomic E-state index is 0.126. The number of H-pyrrole nitrogens is 1. The third-order valence-electron chi connectivity index (χ3n) is 2.91. The van der Waals surface area contributed by atoms with E-state index in [9.17, 15) is 13.2 Å². The number of amides is 1. The molecule has 1 amide bonds. The predicted octanol–water partition coefficient (Wildman–Crippen LogP) is -0.417. The number of piperidine rings is 1. The predicted molar refractivity (Wildman–Crippen MR) is 64.4 cm³/mol. The Kier molecular flexibility index (Phi) is 3.40. The summed E-state index contributed by atoms with van der Waals surface area (Å²) in [5.41, 5.74) is 0.868. The number of sulfonamides is 1. The highest BCUT2D eigenvalue weighted by Gasteiger charge is 2.30. The average Bonchev–Trinajstić information content (AvgIpc) is 2.62. The lowest BCUT2D eigenvalue weighted by molar-refractivity contribution is -0.124. The fourth-order valence-corrected chi connectivity index (χ4v) is 3.67. The molecule has 7 nitrogen and oxygen atoms in total. The Bertz CT molecular complexity index is 544. The van der Waals surface area contributed by atoms with Crippen molar-refractivity contribution >= 4 is 15.9 Å². The molecule has 1 unspecified atom stereocenters. The third kappa shape index (κ3) is 2.39. The van der Waals surface area contributed by atoms with E-state index in [2.05, 4.69) is 20.2 Å². The summed E-state index contributed by atoms with van der Waals surface area (Å²) >= 11 is 0. The Morgan fingerprint density at radius 3 is 2.67 bits per heavy atom. The van der Waals surface area contributed by atoms with Crippen LogP contribution in [0.4, 0.5) is 0 Å². The summed E-state index contributed by atoms with van der Waals surface area (Å²) in [6.45, 7) is 3.84. The molecule has 1 saturated heterocycles. The third-order valence-corrected chi connectivity index (χ3v) is 4.65. The topological polar surface area (TPSA) is 104 Å². The molecule has 0 bridgehead atoms. The first-order chi connectivity index (χ1) is 8.42. The minimum atomic E-state index is -3.72. The van der Waals surface area contributed by atoms with Crippen molar-refractivity contribution < 1.29 is 13.2 Å². The molecule has 0 saturated carbocycles. The van der Waals surface area contributed by atoms with E-state index in [4.69, 9.17) is 0 Å². The SMILES string of the molecule is Cc1n[nH]c(C)c1S(=O)(=O)NC1CCCNC1=O. The van der Waals surface area contributed by atoms with Crippen LogP contribution in [-0.4, -0.2) is 37.1 Å². The van der Waals surface area contributed by atoms with Gasteiger partial charge in [-0.1, -0.05) is 0 Å². The van der Waals surface area contributed by atoms with Crippen LogP contribution < -0.4 is 10.0 Å². The monoisotopic (exact) mass is 272 g/mol. The molecule has 0 radical (unpaired) electrons. The average molecular weight is 272 g/mol. The van der Waals surface area contributed by atoms with Crippen LogP contribution in [0.5, 0.6) is 0 Å². The van der Waals surface area contributed by atoms with Gasteiger partial charge >= 0.3 is 0 Å². The summed E-state index contributed by atoms with van der Waals surface area (Å²) in [5, 5.41) is 9.11. The van der Waals surface area contributed by atoms with Crippen molar-refractivity contribution in [2.45, 2.75) is 37.6 Å². The second kappa shape index (κ2) is 4.69. The summed E-state index contributed by atoms with van der Waals surface area (Å²) < 4.78 is 26.8. The minimum Gasteiger partial charge on any atom is -0.355 e. The van der Waals surface area contributed by atoms with Gasteiger partial charge in [0.15, 0.2) is 0 Å². The van der Waals surface area contributed by atoms with Crippen LogP contribution in [0, 0.1) is 13.8 Å². The van der Waals surface area contributed by atoms with Gasteiger partial charge in [-0.15, -0.1) is 0 Å². The van der Waals surface area contributed by atoms with E-state index in [0.29, 0.717) is 24.4 Å². The van der Waals surface area contributed by atoms with Crippen molar-refractivity contribution in [2.75, 3.05) is 6.54 Å². The zero-order chi connectivity index (χ0) is 13.3. The zero-order valence-electron chi connectivity index (χ0n) is 10.3. The number of nitrogens with zero attached hydrogens (tertiary/aromatic N) is 1. The number of aromatic nitrogens is 2. The van der Waals surface area contributed by atoms with E-state index in [1.54, 1.807) is 13.8 Å². The highest BCUT2D eigenvalue weighted by atomic mass is 32.2. The van der Waals surface area contributed by atoms with Crippen molar-refractivity contribution in [1.82, 2.24) is 20.2 Å². The molecule has 1 aliphatic rings. The fraction of sp³-hybridized carbons (Fsp3) is 0.600. The lowest BCUT2D eigenvalue weighted by Crippen LogP contribution is -2.50. The van der Waals surface area contributed by atoms with Crippen molar-refractivity contribution in [2.24, 2.45) is 0 Å². The molecule has 1 aromatic heterocycles. The summed E-state index contributed by atoms with van der Waals surface area (Å²) in [6, 6.07) is -0.697. The van der Waals surface area contributed by atoms with Gasteiger partial charge in [-0.05, 0) is 26.7 Å². The molecule has 18 heavy (non-hydrogen) atoms. The number of rotatable bonds is 3. The highest BCUT2D eigenvalue weighted by Crippen LogP contribution is 2.17. The van der Waals surface area contributed by atoms with Crippen LogP contribution in [0.1, 0.15) is 24.2 Å². The fourth-order valence-electron chi connectivity index (χ4n) is 2.07. The van der Waals surface area contributed by atoms with Crippen LogP contribution in [0.3, 0.4) is 0 Å². The summed E-state index contributed by atoms with van der Waals surface area (Å²) in [5.74, 6) is -0.274. The molecule has 1 aromatic rings. The zero-order valence-corrected chi connectivity index (χ0v) is 11.1. The molecule has 8 heteroatoms. The molecule has 3 N–H and O–H groups in total. The maximum atomic E-state index is 12.2. The first-order valence-corrected chi connectivity index (χ1v) is 7.22. The van der Waals surface area contributed by atoms with E-state index in [-0.39, 0.29) is 10.8 Å². The first kappa shape index (κ1) is 13.0. The molecule has 2 rings (SSSR count). The first-order valence-electron chi connectivity index (χ1n) is 5.73. The molecular weight excluding hydrogens is 256 g/mol. The molecule has 0 aromatic carbocycles. The van der Waals surface area contributed by atoms with E-state index < -0.39 is 16.1 Å². The van der Waals surface area contributed by atoms with Crippen LogP contribution >= 0.6 is 0 Å². The Labute approximate surface area is 105 Å². The number of aryl methyl sites for hydroxylation is 2. The molecule has 2 heterocycles. The number of carbonyl (C=O) groups is 1. The van der Waals surface area contributed by atoms with Crippen LogP contribution in [0.25, 0.3) is 0 Å². The molecule has 1 atom stereocenters. The molecule has 0 spiro atoms.